The number of pyridine rings is 1. The number of fused-ring (bicyclic) bond motifs is 1. The van der Waals surface area contributed by atoms with Crippen LogP contribution in [-0.2, 0) is 4.74 Å². The number of amides is 1. The fraction of sp³-hybridized carbons (Fsp3) is 0.200. The van der Waals surface area contributed by atoms with Crippen molar-refractivity contribution < 1.29 is 18.7 Å². The fourth-order valence-electron chi connectivity index (χ4n) is 3.82. The summed E-state index contributed by atoms with van der Waals surface area (Å²) in [6.45, 7) is 2.32. The molecule has 1 amide bonds. The molecule has 5 rings (SSSR count). The number of methoxy groups -OCH3 is 1. The van der Waals surface area contributed by atoms with Gasteiger partial charge in [-0.1, -0.05) is 12.1 Å². The summed E-state index contributed by atoms with van der Waals surface area (Å²) in [6.07, 6.45) is 1.44. The van der Waals surface area contributed by atoms with Crippen molar-refractivity contribution in [2.45, 2.75) is 0 Å². The highest BCUT2D eigenvalue weighted by Gasteiger charge is 2.18. The van der Waals surface area contributed by atoms with Crippen LogP contribution in [0.5, 0.6) is 5.75 Å². The van der Waals surface area contributed by atoms with Gasteiger partial charge >= 0.3 is 0 Å². The molecular formula is C25H22FN5O3. The first kappa shape index (κ1) is 21.7. The standard InChI is InChI=1S/C25H22FN5O3/c1-33-22-14-18(26)6-7-20(22)30-24-23-21(27-15-28-24)9-8-19(29-23)16-2-4-17(5-3-16)25(32)31-10-12-34-13-11-31/h2-9,14-15H,10-13H2,1H3,(H,27,28,30). The maximum absolute atomic E-state index is 13.6. The zero-order valence-electron chi connectivity index (χ0n) is 18.5. The van der Waals surface area contributed by atoms with E-state index in [9.17, 15) is 9.18 Å². The average Bonchev–Trinajstić information content (AvgIpc) is 2.90. The molecule has 2 aromatic carbocycles. The number of carbonyl (C=O) groups excluding carboxylic acids is 1. The molecule has 0 saturated carbocycles. The van der Waals surface area contributed by atoms with E-state index in [1.54, 1.807) is 11.0 Å². The van der Waals surface area contributed by atoms with Crippen LogP contribution in [-0.4, -0.2) is 59.2 Å². The second kappa shape index (κ2) is 9.40. The van der Waals surface area contributed by atoms with Gasteiger partial charge in [0.05, 0.1) is 37.2 Å². The minimum Gasteiger partial charge on any atom is -0.494 e. The summed E-state index contributed by atoms with van der Waals surface area (Å²) in [7, 11) is 1.47. The number of carbonyl (C=O) groups is 1. The lowest BCUT2D eigenvalue weighted by Crippen LogP contribution is -2.40. The molecule has 0 atom stereocenters. The van der Waals surface area contributed by atoms with E-state index in [4.69, 9.17) is 14.5 Å². The Hall–Kier alpha value is -4.11. The molecule has 8 nitrogen and oxygen atoms in total. The number of benzene rings is 2. The lowest BCUT2D eigenvalue weighted by molar-refractivity contribution is 0.0303. The van der Waals surface area contributed by atoms with Gasteiger partial charge in [0.15, 0.2) is 5.82 Å². The molecular weight excluding hydrogens is 437 g/mol. The summed E-state index contributed by atoms with van der Waals surface area (Å²) >= 11 is 0. The topological polar surface area (TPSA) is 89.5 Å². The van der Waals surface area contributed by atoms with Crippen LogP contribution in [0.25, 0.3) is 22.3 Å². The molecule has 34 heavy (non-hydrogen) atoms. The summed E-state index contributed by atoms with van der Waals surface area (Å²) in [5.41, 5.74) is 3.96. The molecule has 1 N–H and O–H groups in total. The first-order chi connectivity index (χ1) is 16.6. The molecule has 4 aromatic rings. The molecule has 9 heteroatoms. The van der Waals surface area contributed by atoms with Crippen molar-refractivity contribution >= 4 is 28.4 Å². The van der Waals surface area contributed by atoms with Crippen molar-refractivity contribution in [3.63, 3.8) is 0 Å². The molecule has 172 valence electrons. The zero-order valence-corrected chi connectivity index (χ0v) is 18.5. The summed E-state index contributed by atoms with van der Waals surface area (Å²) in [4.78, 5) is 27.9. The van der Waals surface area contributed by atoms with Gasteiger partial charge in [0, 0.05) is 30.3 Å². The SMILES string of the molecule is COc1cc(F)ccc1Nc1ncnc2ccc(-c3ccc(C(=O)N4CCOCC4)cc3)nc12. The largest absolute Gasteiger partial charge is 0.494 e. The van der Waals surface area contributed by atoms with Gasteiger partial charge in [0.1, 0.15) is 23.4 Å². The Labute approximate surface area is 195 Å². The minimum absolute atomic E-state index is 0.00514. The highest BCUT2D eigenvalue weighted by Crippen LogP contribution is 2.30. The van der Waals surface area contributed by atoms with Crippen molar-refractivity contribution in [2.24, 2.45) is 0 Å². The fourth-order valence-corrected chi connectivity index (χ4v) is 3.82. The van der Waals surface area contributed by atoms with Crippen LogP contribution < -0.4 is 10.1 Å². The van der Waals surface area contributed by atoms with E-state index in [1.165, 1.54) is 25.6 Å². The van der Waals surface area contributed by atoms with Gasteiger partial charge in [0.25, 0.3) is 5.91 Å². The lowest BCUT2D eigenvalue weighted by atomic mass is 10.1. The second-order valence-corrected chi connectivity index (χ2v) is 7.74. The molecule has 1 saturated heterocycles. The molecule has 0 aliphatic carbocycles. The number of nitrogens with one attached hydrogen (secondary N) is 1. The Kier molecular flexibility index (Phi) is 6.01. The molecule has 3 heterocycles. The number of hydrogen-bond donors (Lipinski definition) is 1. The average molecular weight is 459 g/mol. The lowest BCUT2D eigenvalue weighted by Gasteiger charge is -2.26. The molecule has 1 fully saturated rings. The van der Waals surface area contributed by atoms with Crippen molar-refractivity contribution in [3.8, 4) is 17.0 Å². The monoisotopic (exact) mass is 459 g/mol. The van der Waals surface area contributed by atoms with E-state index in [0.717, 1.165) is 5.56 Å². The molecule has 2 aromatic heterocycles. The first-order valence-corrected chi connectivity index (χ1v) is 10.8. The Morgan fingerprint density at radius 3 is 2.62 bits per heavy atom. The van der Waals surface area contributed by atoms with Gasteiger partial charge in [0.2, 0.25) is 0 Å². The third-order valence-electron chi connectivity index (χ3n) is 5.62. The molecule has 0 unspecified atom stereocenters. The third kappa shape index (κ3) is 4.38. The van der Waals surface area contributed by atoms with Crippen LogP contribution in [0.3, 0.4) is 0 Å². The predicted molar refractivity (Wildman–Crippen MR) is 126 cm³/mol. The van der Waals surface area contributed by atoms with Crippen molar-refractivity contribution in [1.82, 2.24) is 19.9 Å². The minimum atomic E-state index is -0.397. The Balaban J connectivity index is 1.44. The predicted octanol–water partition coefficient (Wildman–Crippen LogP) is 4.06. The number of rotatable bonds is 5. The number of hydrogen-bond acceptors (Lipinski definition) is 7. The molecule has 1 aliphatic heterocycles. The third-order valence-corrected chi connectivity index (χ3v) is 5.62. The highest BCUT2D eigenvalue weighted by molar-refractivity contribution is 5.95. The van der Waals surface area contributed by atoms with Crippen LogP contribution in [0, 0.1) is 5.82 Å². The summed E-state index contributed by atoms with van der Waals surface area (Å²) in [6, 6.07) is 15.3. The molecule has 1 aliphatic rings. The van der Waals surface area contributed by atoms with Gasteiger partial charge in [-0.3, -0.25) is 4.79 Å². The number of anilines is 2. The highest BCUT2D eigenvalue weighted by atomic mass is 19.1. The van der Waals surface area contributed by atoms with E-state index in [2.05, 4.69) is 15.3 Å². The van der Waals surface area contributed by atoms with E-state index in [0.29, 0.717) is 65.8 Å². The van der Waals surface area contributed by atoms with Crippen molar-refractivity contribution in [3.05, 3.63) is 72.3 Å². The second-order valence-electron chi connectivity index (χ2n) is 7.74. The normalized spacial score (nSPS) is 13.6. The number of nitrogens with zero attached hydrogens (tertiary/aromatic N) is 4. The molecule has 0 spiro atoms. The van der Waals surface area contributed by atoms with Gasteiger partial charge in [-0.15, -0.1) is 0 Å². The van der Waals surface area contributed by atoms with E-state index in [-0.39, 0.29) is 5.91 Å². The van der Waals surface area contributed by atoms with Gasteiger partial charge < -0.3 is 19.7 Å². The van der Waals surface area contributed by atoms with Crippen LogP contribution in [0.1, 0.15) is 10.4 Å². The van der Waals surface area contributed by atoms with Crippen LogP contribution >= 0.6 is 0 Å². The zero-order chi connectivity index (χ0) is 23.5. The van der Waals surface area contributed by atoms with Gasteiger partial charge in [-0.2, -0.15) is 0 Å². The summed E-state index contributed by atoms with van der Waals surface area (Å²) < 4.78 is 24.2. The quantitative estimate of drug-likeness (QED) is 0.481. The Morgan fingerprint density at radius 1 is 1.06 bits per heavy atom. The van der Waals surface area contributed by atoms with Crippen LogP contribution in [0.15, 0.2) is 60.9 Å². The van der Waals surface area contributed by atoms with Crippen LogP contribution in [0.4, 0.5) is 15.9 Å². The summed E-state index contributed by atoms with van der Waals surface area (Å²) in [5.74, 6) is 0.416. The van der Waals surface area contributed by atoms with Crippen LogP contribution in [0.2, 0.25) is 0 Å². The number of ether oxygens (including phenoxy) is 2. The van der Waals surface area contributed by atoms with Crippen molar-refractivity contribution in [1.29, 1.82) is 0 Å². The van der Waals surface area contributed by atoms with E-state index >= 15 is 0 Å². The van der Waals surface area contributed by atoms with Gasteiger partial charge in [-0.05, 0) is 36.4 Å². The smallest absolute Gasteiger partial charge is 0.254 e. The maximum atomic E-state index is 13.6. The maximum Gasteiger partial charge on any atom is 0.254 e. The van der Waals surface area contributed by atoms with E-state index < -0.39 is 5.82 Å². The van der Waals surface area contributed by atoms with E-state index in [1.807, 2.05) is 36.4 Å². The number of halogens is 1. The number of morpholine rings is 1. The number of aromatic nitrogens is 3. The summed E-state index contributed by atoms with van der Waals surface area (Å²) in [5, 5.41) is 3.17. The van der Waals surface area contributed by atoms with Crippen molar-refractivity contribution in [2.75, 3.05) is 38.7 Å². The molecule has 0 bridgehead atoms. The molecule has 0 radical (unpaired) electrons. The Bertz CT molecular complexity index is 1340. The van der Waals surface area contributed by atoms with Gasteiger partial charge in [-0.25, -0.2) is 19.3 Å². The first-order valence-electron chi connectivity index (χ1n) is 10.8. The Morgan fingerprint density at radius 2 is 1.85 bits per heavy atom.